The van der Waals surface area contributed by atoms with Crippen molar-refractivity contribution in [2.24, 2.45) is 0 Å². The maximum atomic E-state index is 13.2. The van der Waals surface area contributed by atoms with E-state index < -0.39 is 6.10 Å². The van der Waals surface area contributed by atoms with Crippen molar-refractivity contribution in [3.63, 3.8) is 0 Å². The molecule has 0 aromatic heterocycles. The van der Waals surface area contributed by atoms with E-state index in [1.807, 2.05) is 6.92 Å². The van der Waals surface area contributed by atoms with Gasteiger partial charge in [-0.25, -0.2) is 4.39 Å². The molecule has 1 nitrogen and oxygen atoms in total. The van der Waals surface area contributed by atoms with E-state index in [1.54, 1.807) is 24.3 Å². The lowest BCUT2D eigenvalue weighted by Crippen LogP contribution is -2.04. The first-order chi connectivity index (χ1) is 8.97. The van der Waals surface area contributed by atoms with Crippen LogP contribution in [0, 0.1) is 12.7 Å². The summed E-state index contributed by atoms with van der Waals surface area (Å²) in [6.45, 7) is 1.88. The van der Waals surface area contributed by atoms with Crippen LogP contribution in [0.15, 0.2) is 36.4 Å². The Balaban J connectivity index is 2.27. The standard InChI is InChI=1S/C15H13Cl2FO/c1-9-2-4-12(18)6-10(9)7-15(19)13-8-11(16)3-5-14(13)17/h2-6,8,15,19H,7H2,1H3. The third kappa shape index (κ3) is 3.47. The summed E-state index contributed by atoms with van der Waals surface area (Å²) in [5.74, 6) is -0.315. The summed E-state index contributed by atoms with van der Waals surface area (Å²) >= 11 is 11.9. The minimum absolute atomic E-state index is 0.295. The quantitative estimate of drug-likeness (QED) is 0.869. The van der Waals surface area contributed by atoms with Gasteiger partial charge in [-0.15, -0.1) is 0 Å². The molecule has 2 aromatic rings. The number of aliphatic hydroxyl groups excluding tert-OH is 1. The smallest absolute Gasteiger partial charge is 0.123 e. The number of benzene rings is 2. The van der Waals surface area contributed by atoms with Gasteiger partial charge in [0.2, 0.25) is 0 Å². The zero-order chi connectivity index (χ0) is 14.0. The Morgan fingerprint density at radius 1 is 1.16 bits per heavy atom. The van der Waals surface area contributed by atoms with Gasteiger partial charge in [0.1, 0.15) is 5.82 Å². The molecule has 19 heavy (non-hydrogen) atoms. The Morgan fingerprint density at radius 2 is 1.89 bits per heavy atom. The van der Waals surface area contributed by atoms with Crippen molar-refractivity contribution in [1.82, 2.24) is 0 Å². The summed E-state index contributed by atoms with van der Waals surface area (Å²) in [6.07, 6.45) is -0.518. The zero-order valence-corrected chi connectivity index (χ0v) is 11.8. The Kier molecular flexibility index (Phi) is 4.46. The van der Waals surface area contributed by atoms with Gasteiger partial charge < -0.3 is 5.11 Å². The summed E-state index contributed by atoms with van der Waals surface area (Å²) in [5.41, 5.74) is 2.24. The van der Waals surface area contributed by atoms with E-state index >= 15 is 0 Å². The number of rotatable bonds is 3. The predicted molar refractivity (Wildman–Crippen MR) is 76.3 cm³/mol. The molecule has 1 atom stereocenters. The Hall–Kier alpha value is -1.09. The van der Waals surface area contributed by atoms with E-state index in [4.69, 9.17) is 23.2 Å². The van der Waals surface area contributed by atoms with Crippen LogP contribution in [0.2, 0.25) is 10.0 Å². The van der Waals surface area contributed by atoms with Crippen molar-refractivity contribution in [3.05, 3.63) is 69.0 Å². The van der Waals surface area contributed by atoms with Crippen molar-refractivity contribution >= 4 is 23.2 Å². The van der Waals surface area contributed by atoms with Crippen molar-refractivity contribution in [3.8, 4) is 0 Å². The molecule has 0 saturated carbocycles. The van der Waals surface area contributed by atoms with Crippen molar-refractivity contribution < 1.29 is 9.50 Å². The third-order valence-electron chi connectivity index (χ3n) is 3.04. The fourth-order valence-electron chi connectivity index (χ4n) is 1.95. The van der Waals surface area contributed by atoms with Gasteiger partial charge in [0, 0.05) is 22.0 Å². The molecular formula is C15H13Cl2FO. The summed E-state index contributed by atoms with van der Waals surface area (Å²) in [5, 5.41) is 11.2. The molecule has 0 radical (unpaired) electrons. The second-order valence-corrected chi connectivity index (χ2v) is 5.30. The Bertz CT molecular complexity index is 599. The average Bonchev–Trinajstić information content (AvgIpc) is 2.36. The molecule has 0 amide bonds. The molecule has 0 spiro atoms. The summed E-state index contributed by atoms with van der Waals surface area (Å²) < 4.78 is 13.2. The lowest BCUT2D eigenvalue weighted by atomic mass is 9.98. The Labute approximate surface area is 121 Å². The second-order valence-electron chi connectivity index (χ2n) is 4.46. The normalized spacial score (nSPS) is 12.5. The topological polar surface area (TPSA) is 20.2 Å². The van der Waals surface area contributed by atoms with Crippen LogP contribution in [0.3, 0.4) is 0 Å². The largest absolute Gasteiger partial charge is 0.388 e. The first-order valence-corrected chi connectivity index (χ1v) is 6.61. The van der Waals surface area contributed by atoms with Crippen molar-refractivity contribution in [1.29, 1.82) is 0 Å². The highest BCUT2D eigenvalue weighted by molar-refractivity contribution is 6.33. The highest BCUT2D eigenvalue weighted by atomic mass is 35.5. The maximum absolute atomic E-state index is 13.2. The summed E-state index contributed by atoms with van der Waals surface area (Å²) in [4.78, 5) is 0. The molecule has 2 aromatic carbocycles. The zero-order valence-electron chi connectivity index (χ0n) is 10.3. The molecule has 0 fully saturated rings. The number of hydrogen-bond donors (Lipinski definition) is 1. The van der Waals surface area contributed by atoms with E-state index in [-0.39, 0.29) is 5.82 Å². The van der Waals surface area contributed by atoms with Gasteiger partial charge in [0.05, 0.1) is 6.10 Å². The Morgan fingerprint density at radius 3 is 2.63 bits per heavy atom. The van der Waals surface area contributed by atoms with E-state index in [0.29, 0.717) is 22.0 Å². The SMILES string of the molecule is Cc1ccc(F)cc1CC(O)c1cc(Cl)ccc1Cl. The average molecular weight is 299 g/mol. The fourth-order valence-corrected chi connectivity index (χ4v) is 2.37. The van der Waals surface area contributed by atoms with Gasteiger partial charge in [-0.3, -0.25) is 0 Å². The monoisotopic (exact) mass is 298 g/mol. The van der Waals surface area contributed by atoms with Crippen LogP contribution in [0.1, 0.15) is 22.8 Å². The highest BCUT2D eigenvalue weighted by Gasteiger charge is 2.14. The molecular weight excluding hydrogens is 286 g/mol. The first-order valence-electron chi connectivity index (χ1n) is 5.85. The van der Waals surface area contributed by atoms with Gasteiger partial charge >= 0.3 is 0 Å². The van der Waals surface area contributed by atoms with Gasteiger partial charge in [-0.05, 0) is 48.4 Å². The van der Waals surface area contributed by atoms with Crippen LogP contribution in [-0.2, 0) is 6.42 Å². The van der Waals surface area contributed by atoms with Gasteiger partial charge in [0.15, 0.2) is 0 Å². The number of aryl methyl sites for hydroxylation is 1. The van der Waals surface area contributed by atoms with E-state index in [9.17, 15) is 9.50 Å². The minimum Gasteiger partial charge on any atom is -0.388 e. The molecule has 100 valence electrons. The summed E-state index contributed by atoms with van der Waals surface area (Å²) in [7, 11) is 0. The van der Waals surface area contributed by atoms with Gasteiger partial charge in [0.25, 0.3) is 0 Å². The number of halogens is 3. The van der Waals surface area contributed by atoms with Crippen LogP contribution in [0.5, 0.6) is 0 Å². The van der Waals surface area contributed by atoms with Crippen LogP contribution in [0.4, 0.5) is 4.39 Å². The maximum Gasteiger partial charge on any atom is 0.123 e. The van der Waals surface area contributed by atoms with Crippen LogP contribution in [-0.4, -0.2) is 5.11 Å². The molecule has 0 aliphatic rings. The van der Waals surface area contributed by atoms with Crippen LogP contribution in [0.25, 0.3) is 0 Å². The lowest BCUT2D eigenvalue weighted by Gasteiger charge is -2.14. The molecule has 0 aliphatic carbocycles. The van der Waals surface area contributed by atoms with E-state index in [1.165, 1.54) is 12.1 Å². The molecule has 1 unspecified atom stereocenters. The molecule has 0 heterocycles. The number of aliphatic hydroxyl groups is 1. The van der Waals surface area contributed by atoms with E-state index in [2.05, 4.69) is 0 Å². The van der Waals surface area contributed by atoms with Gasteiger partial charge in [-0.1, -0.05) is 29.3 Å². The molecule has 0 bridgehead atoms. The van der Waals surface area contributed by atoms with Crippen LogP contribution >= 0.6 is 23.2 Å². The third-order valence-corrected chi connectivity index (χ3v) is 3.62. The molecule has 1 N–H and O–H groups in total. The summed E-state index contributed by atoms with van der Waals surface area (Å²) in [6, 6.07) is 9.45. The second kappa shape index (κ2) is 5.91. The fraction of sp³-hybridized carbons (Fsp3) is 0.200. The first kappa shape index (κ1) is 14.3. The van der Waals surface area contributed by atoms with Gasteiger partial charge in [-0.2, -0.15) is 0 Å². The predicted octanol–water partition coefficient (Wildman–Crippen LogP) is 4.72. The van der Waals surface area contributed by atoms with Crippen molar-refractivity contribution in [2.75, 3.05) is 0 Å². The molecule has 0 aliphatic heterocycles. The lowest BCUT2D eigenvalue weighted by molar-refractivity contribution is 0.178. The van der Waals surface area contributed by atoms with Crippen molar-refractivity contribution in [2.45, 2.75) is 19.4 Å². The molecule has 4 heteroatoms. The van der Waals surface area contributed by atoms with E-state index in [0.717, 1.165) is 11.1 Å². The molecule has 2 rings (SSSR count). The highest BCUT2D eigenvalue weighted by Crippen LogP contribution is 2.29. The molecule has 0 saturated heterocycles. The van der Waals surface area contributed by atoms with Crippen LogP contribution < -0.4 is 0 Å². The minimum atomic E-state index is -0.813. The number of hydrogen-bond acceptors (Lipinski definition) is 1.